The van der Waals surface area contributed by atoms with E-state index < -0.39 is 5.91 Å². The molecule has 2 N–H and O–H groups in total. The maximum absolute atomic E-state index is 12.5. The van der Waals surface area contributed by atoms with Crippen molar-refractivity contribution < 1.29 is 14.3 Å². The van der Waals surface area contributed by atoms with E-state index in [0.29, 0.717) is 32.7 Å². The molecule has 21 heavy (non-hydrogen) atoms. The SMILES string of the molecule is COc1ccc(Br)c(N2C(=O)c3ccc(N)cc3C2=O)c1. The van der Waals surface area contributed by atoms with Gasteiger partial charge in [-0.05, 0) is 46.3 Å². The molecule has 0 saturated heterocycles. The number of hydrogen-bond donors (Lipinski definition) is 1. The lowest BCUT2D eigenvalue weighted by Gasteiger charge is -2.16. The van der Waals surface area contributed by atoms with Crippen LogP contribution in [0.4, 0.5) is 11.4 Å². The molecule has 0 saturated carbocycles. The number of methoxy groups -OCH3 is 1. The van der Waals surface area contributed by atoms with Crippen LogP contribution in [0, 0.1) is 0 Å². The monoisotopic (exact) mass is 346 g/mol. The average molecular weight is 347 g/mol. The number of carbonyl (C=O) groups is 2. The van der Waals surface area contributed by atoms with Crippen molar-refractivity contribution in [2.45, 2.75) is 0 Å². The van der Waals surface area contributed by atoms with Crippen LogP contribution in [-0.2, 0) is 0 Å². The fourth-order valence-corrected chi connectivity index (χ4v) is 2.69. The summed E-state index contributed by atoms with van der Waals surface area (Å²) in [5.74, 6) is -0.204. The maximum Gasteiger partial charge on any atom is 0.266 e. The molecule has 2 amide bonds. The van der Waals surface area contributed by atoms with Crippen molar-refractivity contribution in [1.29, 1.82) is 0 Å². The van der Waals surface area contributed by atoms with Crippen molar-refractivity contribution in [3.05, 3.63) is 52.0 Å². The number of nitrogens with two attached hydrogens (primary N) is 1. The second-order valence-corrected chi connectivity index (χ2v) is 5.42. The molecule has 0 unspecified atom stereocenters. The molecule has 0 radical (unpaired) electrons. The van der Waals surface area contributed by atoms with Crippen molar-refractivity contribution in [3.8, 4) is 5.75 Å². The van der Waals surface area contributed by atoms with Gasteiger partial charge in [0.25, 0.3) is 11.8 Å². The molecule has 5 nitrogen and oxygen atoms in total. The van der Waals surface area contributed by atoms with Gasteiger partial charge in [-0.3, -0.25) is 9.59 Å². The first kappa shape index (κ1) is 13.6. The van der Waals surface area contributed by atoms with E-state index in [9.17, 15) is 9.59 Å². The Balaban J connectivity index is 2.14. The zero-order valence-electron chi connectivity index (χ0n) is 11.1. The Morgan fingerprint density at radius 2 is 1.76 bits per heavy atom. The van der Waals surface area contributed by atoms with Crippen LogP contribution in [0.5, 0.6) is 5.75 Å². The van der Waals surface area contributed by atoms with Crippen LogP contribution in [0.15, 0.2) is 40.9 Å². The van der Waals surface area contributed by atoms with Gasteiger partial charge in [-0.15, -0.1) is 0 Å². The predicted molar refractivity (Wildman–Crippen MR) is 82.7 cm³/mol. The van der Waals surface area contributed by atoms with Gasteiger partial charge >= 0.3 is 0 Å². The molecule has 106 valence electrons. The van der Waals surface area contributed by atoms with Crippen LogP contribution < -0.4 is 15.4 Å². The summed E-state index contributed by atoms with van der Waals surface area (Å²) in [5.41, 5.74) is 7.24. The maximum atomic E-state index is 12.5. The quantitative estimate of drug-likeness (QED) is 0.670. The van der Waals surface area contributed by atoms with Crippen LogP contribution in [0.2, 0.25) is 0 Å². The van der Waals surface area contributed by atoms with E-state index in [2.05, 4.69) is 15.9 Å². The number of hydrogen-bond acceptors (Lipinski definition) is 4. The zero-order chi connectivity index (χ0) is 15.1. The van der Waals surface area contributed by atoms with Crippen LogP contribution >= 0.6 is 15.9 Å². The third-order valence-corrected chi connectivity index (χ3v) is 3.98. The molecule has 1 aliphatic rings. The summed E-state index contributed by atoms with van der Waals surface area (Å²) in [6.45, 7) is 0. The minimum Gasteiger partial charge on any atom is -0.497 e. The lowest BCUT2D eigenvalue weighted by molar-refractivity contribution is 0.0926. The van der Waals surface area contributed by atoms with Gasteiger partial charge in [0, 0.05) is 16.2 Å². The second kappa shape index (κ2) is 4.89. The first-order valence-electron chi connectivity index (χ1n) is 6.15. The average Bonchev–Trinajstić information content (AvgIpc) is 2.71. The standard InChI is InChI=1S/C15H11BrN2O3/c1-21-9-3-5-12(16)13(7-9)18-14(19)10-4-2-8(17)6-11(10)15(18)20/h2-7H,17H2,1H3. The normalized spacial score (nSPS) is 13.5. The van der Waals surface area contributed by atoms with E-state index in [1.807, 2.05) is 0 Å². The summed E-state index contributed by atoms with van der Waals surface area (Å²) in [4.78, 5) is 26.1. The van der Waals surface area contributed by atoms with Gasteiger partial charge in [-0.1, -0.05) is 0 Å². The van der Waals surface area contributed by atoms with Crippen LogP contribution in [-0.4, -0.2) is 18.9 Å². The molecule has 6 heteroatoms. The molecular weight excluding hydrogens is 336 g/mol. The number of imide groups is 1. The number of rotatable bonds is 2. The highest BCUT2D eigenvalue weighted by atomic mass is 79.9. The molecule has 0 fully saturated rings. The van der Waals surface area contributed by atoms with Crippen molar-refractivity contribution in [1.82, 2.24) is 0 Å². The summed E-state index contributed by atoms with van der Waals surface area (Å²) >= 11 is 3.36. The summed E-state index contributed by atoms with van der Waals surface area (Å²) in [6.07, 6.45) is 0. The molecule has 2 aromatic carbocycles. The predicted octanol–water partition coefficient (Wildman–Crippen LogP) is 2.84. The Morgan fingerprint density at radius 1 is 1.05 bits per heavy atom. The van der Waals surface area contributed by atoms with Gasteiger partial charge in [-0.25, -0.2) is 4.90 Å². The fraction of sp³-hybridized carbons (Fsp3) is 0.0667. The molecule has 1 aliphatic heterocycles. The Bertz CT molecular complexity index is 774. The highest BCUT2D eigenvalue weighted by Gasteiger charge is 2.37. The van der Waals surface area contributed by atoms with Crippen molar-refractivity contribution in [3.63, 3.8) is 0 Å². The molecule has 0 atom stereocenters. The number of fused-ring (bicyclic) bond motifs is 1. The van der Waals surface area contributed by atoms with Gasteiger partial charge < -0.3 is 10.5 Å². The van der Waals surface area contributed by atoms with Crippen molar-refractivity contribution >= 4 is 39.1 Å². The number of nitrogens with zero attached hydrogens (tertiary/aromatic N) is 1. The minimum atomic E-state index is -0.392. The summed E-state index contributed by atoms with van der Waals surface area (Å²) < 4.78 is 5.78. The summed E-state index contributed by atoms with van der Waals surface area (Å²) in [7, 11) is 1.52. The first-order chi connectivity index (χ1) is 10.0. The smallest absolute Gasteiger partial charge is 0.266 e. The number of nitrogen functional groups attached to an aromatic ring is 1. The largest absolute Gasteiger partial charge is 0.497 e. The molecule has 3 rings (SSSR count). The Labute approximate surface area is 129 Å². The molecule has 1 heterocycles. The molecular formula is C15H11BrN2O3. The van der Waals surface area contributed by atoms with Crippen LogP contribution in [0.3, 0.4) is 0 Å². The van der Waals surface area contributed by atoms with Gasteiger partial charge in [-0.2, -0.15) is 0 Å². The Kier molecular flexibility index (Phi) is 3.17. The van der Waals surface area contributed by atoms with Gasteiger partial charge in [0.1, 0.15) is 5.75 Å². The van der Waals surface area contributed by atoms with E-state index in [4.69, 9.17) is 10.5 Å². The highest BCUT2D eigenvalue weighted by Crippen LogP contribution is 2.36. The van der Waals surface area contributed by atoms with E-state index in [1.54, 1.807) is 30.3 Å². The van der Waals surface area contributed by atoms with E-state index in [-0.39, 0.29) is 5.91 Å². The number of amides is 2. The van der Waals surface area contributed by atoms with Gasteiger partial charge in [0.2, 0.25) is 0 Å². The summed E-state index contributed by atoms with van der Waals surface area (Å²) in [6, 6.07) is 9.79. The Morgan fingerprint density at radius 3 is 2.48 bits per heavy atom. The van der Waals surface area contributed by atoms with Crippen LogP contribution in [0.1, 0.15) is 20.7 Å². The van der Waals surface area contributed by atoms with Crippen molar-refractivity contribution in [2.75, 3.05) is 17.7 Å². The van der Waals surface area contributed by atoms with Crippen molar-refractivity contribution in [2.24, 2.45) is 0 Å². The second-order valence-electron chi connectivity index (χ2n) is 4.57. The number of carbonyl (C=O) groups excluding carboxylic acids is 2. The van der Waals surface area contributed by atoms with Gasteiger partial charge in [0.15, 0.2) is 0 Å². The summed E-state index contributed by atoms with van der Waals surface area (Å²) in [5, 5.41) is 0. The molecule has 0 bridgehead atoms. The number of anilines is 2. The molecule has 2 aromatic rings. The highest BCUT2D eigenvalue weighted by molar-refractivity contribution is 9.10. The number of ether oxygens (including phenoxy) is 1. The van der Waals surface area contributed by atoms with E-state index in [1.165, 1.54) is 13.2 Å². The zero-order valence-corrected chi connectivity index (χ0v) is 12.7. The molecule has 0 aromatic heterocycles. The minimum absolute atomic E-state index is 0.315. The van der Waals surface area contributed by atoms with Crippen LogP contribution in [0.25, 0.3) is 0 Å². The third kappa shape index (κ3) is 2.08. The van der Waals surface area contributed by atoms with E-state index >= 15 is 0 Å². The fourth-order valence-electron chi connectivity index (χ4n) is 2.27. The lowest BCUT2D eigenvalue weighted by Crippen LogP contribution is -2.29. The van der Waals surface area contributed by atoms with E-state index in [0.717, 1.165) is 4.90 Å². The first-order valence-corrected chi connectivity index (χ1v) is 6.94. The van der Waals surface area contributed by atoms with Gasteiger partial charge in [0.05, 0.1) is 23.9 Å². The lowest BCUT2D eigenvalue weighted by atomic mass is 10.1. The Hall–Kier alpha value is -2.34. The number of benzene rings is 2. The topological polar surface area (TPSA) is 72.6 Å². The molecule has 0 aliphatic carbocycles. The third-order valence-electron chi connectivity index (χ3n) is 3.30. The number of halogens is 1. The molecule has 0 spiro atoms.